The first-order valence-electron chi connectivity index (χ1n) is 11.6. The summed E-state index contributed by atoms with van der Waals surface area (Å²) in [6.45, 7) is 14.3. The number of nitrogens with two attached hydrogens (primary N) is 1. The molecule has 6 heteroatoms. The lowest BCUT2D eigenvalue weighted by atomic mass is 9.61. The van der Waals surface area contributed by atoms with Gasteiger partial charge in [-0.2, -0.15) is 5.26 Å². The average Bonchev–Trinajstić information content (AvgIpc) is 2.93. The minimum atomic E-state index is -1.55. The topological polar surface area (TPSA) is 96.4 Å². The molecule has 1 aromatic carbocycles. The summed E-state index contributed by atoms with van der Waals surface area (Å²) in [6.07, 6.45) is 1.55. The summed E-state index contributed by atoms with van der Waals surface area (Å²) in [7, 11) is 0. The van der Waals surface area contributed by atoms with Gasteiger partial charge in [0.1, 0.15) is 22.8 Å². The van der Waals surface area contributed by atoms with E-state index in [1.165, 1.54) is 0 Å². The average molecular weight is 446 g/mol. The Hall–Kier alpha value is -3.07. The molecule has 1 spiro atoms. The van der Waals surface area contributed by atoms with E-state index in [1.54, 1.807) is 0 Å². The van der Waals surface area contributed by atoms with Crippen molar-refractivity contribution in [1.29, 1.82) is 5.26 Å². The molecule has 0 unspecified atom stereocenters. The first-order valence-corrected chi connectivity index (χ1v) is 11.6. The lowest BCUT2D eigenvalue weighted by Gasteiger charge is -2.45. The van der Waals surface area contributed by atoms with E-state index in [9.17, 15) is 14.9 Å². The van der Waals surface area contributed by atoms with Gasteiger partial charge in [-0.05, 0) is 62.1 Å². The number of anilines is 1. The highest BCUT2D eigenvalue weighted by Crippen LogP contribution is 2.63. The summed E-state index contributed by atoms with van der Waals surface area (Å²) < 4.78 is 5.93. The lowest BCUT2D eigenvalue weighted by Crippen LogP contribution is -2.56. The molecule has 1 amide bonds. The van der Waals surface area contributed by atoms with Crippen molar-refractivity contribution in [3.05, 3.63) is 51.1 Å². The van der Waals surface area contributed by atoms with Gasteiger partial charge in [0.05, 0.1) is 11.3 Å². The Morgan fingerprint density at radius 1 is 1.18 bits per heavy atom. The van der Waals surface area contributed by atoms with Crippen LogP contribution in [0.25, 0.3) is 0 Å². The molecule has 1 aromatic rings. The fourth-order valence-electron chi connectivity index (χ4n) is 6.77. The van der Waals surface area contributed by atoms with Crippen LogP contribution < -0.4 is 10.6 Å². The van der Waals surface area contributed by atoms with Gasteiger partial charge >= 0.3 is 0 Å². The Kier molecular flexibility index (Phi) is 4.14. The number of benzene rings is 1. The molecule has 6 nitrogen and oxygen atoms in total. The molecule has 0 radical (unpaired) electrons. The summed E-state index contributed by atoms with van der Waals surface area (Å²) >= 11 is 0. The summed E-state index contributed by atoms with van der Waals surface area (Å²) in [6, 6.07) is 4.36. The number of allylic oxidation sites excluding steroid dienone is 1. The molecule has 4 aliphatic rings. The Morgan fingerprint density at radius 2 is 1.85 bits per heavy atom. The van der Waals surface area contributed by atoms with Crippen molar-refractivity contribution in [3.63, 3.8) is 0 Å². The Balaban J connectivity index is 1.99. The maximum Gasteiger partial charge on any atom is 0.248 e. The molecule has 0 saturated heterocycles. The van der Waals surface area contributed by atoms with Crippen LogP contribution in [0.4, 0.5) is 5.69 Å². The molecule has 0 fully saturated rings. The predicted molar refractivity (Wildman–Crippen MR) is 125 cm³/mol. The van der Waals surface area contributed by atoms with E-state index in [-0.39, 0.29) is 40.9 Å². The van der Waals surface area contributed by atoms with E-state index in [1.807, 2.05) is 32.6 Å². The van der Waals surface area contributed by atoms with Crippen LogP contribution in [0.1, 0.15) is 82.1 Å². The maximum atomic E-state index is 14.7. The number of carbonyl (C=O) groups excluding carboxylic acids is 2. The molecular formula is C27H31N3O3. The normalized spacial score (nSPS) is 29.2. The van der Waals surface area contributed by atoms with Crippen molar-refractivity contribution in [3.8, 4) is 6.07 Å². The zero-order chi connectivity index (χ0) is 24.2. The van der Waals surface area contributed by atoms with Crippen molar-refractivity contribution in [2.75, 3.05) is 4.90 Å². The third-order valence-electron chi connectivity index (χ3n) is 8.09. The third kappa shape index (κ3) is 2.48. The fraction of sp³-hybridized carbons (Fsp3) is 0.519. The molecule has 172 valence electrons. The van der Waals surface area contributed by atoms with E-state index < -0.39 is 11.0 Å². The second-order valence-electron chi connectivity index (χ2n) is 11.6. The second kappa shape index (κ2) is 6.28. The maximum absolute atomic E-state index is 14.7. The highest BCUT2D eigenvalue weighted by molar-refractivity contribution is 6.21. The molecule has 0 bridgehead atoms. The standard InChI is InChI=1S/C27H31N3O3/c1-13-8-16-14(2)9-26(6,7)30-22(16)20(15(13)3)27(24(30)32)17(12-28)23(29)33-19-11-25(4,5)10-18(31)21(19)27/h8,14H,9-11,29H2,1-7H3/t14-,27+/m1/s1. The highest BCUT2D eigenvalue weighted by atomic mass is 16.5. The number of rotatable bonds is 0. The van der Waals surface area contributed by atoms with Crippen LogP contribution in [0.3, 0.4) is 0 Å². The minimum Gasteiger partial charge on any atom is -0.444 e. The molecule has 0 aromatic heterocycles. The van der Waals surface area contributed by atoms with Crippen molar-refractivity contribution in [2.24, 2.45) is 11.1 Å². The quantitative estimate of drug-likeness (QED) is 0.632. The summed E-state index contributed by atoms with van der Waals surface area (Å²) in [5, 5.41) is 10.3. The van der Waals surface area contributed by atoms with Gasteiger partial charge in [0.25, 0.3) is 0 Å². The van der Waals surface area contributed by atoms with Gasteiger partial charge < -0.3 is 15.4 Å². The first-order chi connectivity index (χ1) is 15.3. The van der Waals surface area contributed by atoms with Crippen LogP contribution in [0.5, 0.6) is 0 Å². The zero-order valence-electron chi connectivity index (χ0n) is 20.5. The van der Waals surface area contributed by atoms with Gasteiger partial charge in [0, 0.05) is 23.9 Å². The van der Waals surface area contributed by atoms with Gasteiger partial charge in [-0.25, -0.2) is 0 Å². The zero-order valence-corrected chi connectivity index (χ0v) is 20.5. The van der Waals surface area contributed by atoms with Crippen LogP contribution in [0, 0.1) is 30.6 Å². The number of carbonyl (C=O) groups is 2. The summed E-state index contributed by atoms with van der Waals surface area (Å²) in [5.41, 5.74) is 8.98. The smallest absolute Gasteiger partial charge is 0.248 e. The fourth-order valence-corrected chi connectivity index (χ4v) is 6.77. The van der Waals surface area contributed by atoms with Crippen LogP contribution in [0.2, 0.25) is 0 Å². The van der Waals surface area contributed by atoms with Crippen LogP contribution >= 0.6 is 0 Å². The van der Waals surface area contributed by atoms with Crippen LogP contribution in [0.15, 0.2) is 28.9 Å². The SMILES string of the molecule is Cc1cc2c3c(c1C)[C@@]1(C(=O)N3C(C)(C)C[C@H]2C)C(C#N)=C(N)OC2=C1C(=O)CC(C)(C)C2. The number of hydrogen-bond acceptors (Lipinski definition) is 5. The number of Topliss-reactive ketones (excluding diaryl/α,β-unsaturated/α-hetero) is 1. The molecule has 3 aliphatic heterocycles. The van der Waals surface area contributed by atoms with Gasteiger partial charge in [-0.3, -0.25) is 9.59 Å². The predicted octanol–water partition coefficient (Wildman–Crippen LogP) is 4.54. The highest BCUT2D eigenvalue weighted by Gasteiger charge is 2.66. The minimum absolute atomic E-state index is 0.0352. The van der Waals surface area contributed by atoms with Gasteiger partial charge in [0.2, 0.25) is 11.8 Å². The largest absolute Gasteiger partial charge is 0.444 e. The van der Waals surface area contributed by atoms with Crippen molar-refractivity contribution in [2.45, 2.75) is 84.6 Å². The first kappa shape index (κ1) is 21.8. The molecule has 3 heterocycles. The number of fused-ring (bicyclic) bond motifs is 2. The molecule has 0 saturated carbocycles. The van der Waals surface area contributed by atoms with Gasteiger partial charge in [-0.1, -0.05) is 26.8 Å². The number of amides is 1. The van der Waals surface area contributed by atoms with E-state index in [4.69, 9.17) is 10.5 Å². The van der Waals surface area contributed by atoms with Gasteiger partial charge in [0.15, 0.2) is 5.78 Å². The number of ether oxygens (including phenoxy) is 1. The molecule has 5 rings (SSSR count). The van der Waals surface area contributed by atoms with Gasteiger partial charge in [-0.15, -0.1) is 0 Å². The van der Waals surface area contributed by atoms with E-state index >= 15 is 0 Å². The summed E-state index contributed by atoms with van der Waals surface area (Å²) in [4.78, 5) is 30.3. The Labute approximate surface area is 195 Å². The number of ketones is 1. The Bertz CT molecular complexity index is 1270. The Morgan fingerprint density at radius 3 is 2.48 bits per heavy atom. The van der Waals surface area contributed by atoms with Crippen LogP contribution in [-0.2, 0) is 19.7 Å². The summed E-state index contributed by atoms with van der Waals surface area (Å²) in [5.74, 6) is 0.188. The van der Waals surface area contributed by atoms with Crippen molar-refractivity contribution < 1.29 is 14.3 Å². The number of nitriles is 1. The number of hydrogen-bond donors (Lipinski definition) is 1. The monoisotopic (exact) mass is 445 g/mol. The van der Waals surface area contributed by atoms with Crippen molar-refractivity contribution in [1.82, 2.24) is 0 Å². The van der Waals surface area contributed by atoms with Crippen molar-refractivity contribution >= 4 is 17.4 Å². The molecule has 33 heavy (non-hydrogen) atoms. The third-order valence-corrected chi connectivity index (χ3v) is 8.09. The number of nitrogens with zero attached hydrogens (tertiary/aromatic N) is 2. The number of aryl methyl sites for hydroxylation is 1. The molecule has 1 aliphatic carbocycles. The molecule has 2 atom stereocenters. The van der Waals surface area contributed by atoms with E-state index in [0.29, 0.717) is 17.8 Å². The lowest BCUT2D eigenvalue weighted by molar-refractivity contribution is -0.126. The van der Waals surface area contributed by atoms with Crippen LogP contribution in [-0.4, -0.2) is 17.2 Å². The second-order valence-corrected chi connectivity index (χ2v) is 11.6. The van der Waals surface area contributed by atoms with E-state index in [0.717, 1.165) is 34.4 Å². The molecular weight excluding hydrogens is 414 g/mol. The molecule has 2 N–H and O–H groups in total. The van der Waals surface area contributed by atoms with E-state index in [2.05, 4.69) is 32.9 Å².